The normalized spacial score (nSPS) is 20.0. The number of nitrogens with one attached hydrogen (secondary N) is 1. The first-order chi connectivity index (χ1) is 12.4. The van der Waals surface area contributed by atoms with E-state index in [0.29, 0.717) is 13.1 Å². The topological polar surface area (TPSA) is 54.0 Å². The molecule has 1 aromatic carbocycles. The molecule has 3 aromatic rings. The first-order valence-corrected chi connectivity index (χ1v) is 8.98. The zero-order valence-electron chi connectivity index (χ0n) is 14.9. The van der Waals surface area contributed by atoms with Gasteiger partial charge in [0.2, 0.25) is 0 Å². The van der Waals surface area contributed by atoms with E-state index in [1.54, 1.807) is 13.1 Å². The van der Waals surface area contributed by atoms with Crippen LogP contribution >= 0.6 is 0 Å². The summed E-state index contributed by atoms with van der Waals surface area (Å²) >= 11 is 0. The second-order valence-electron chi connectivity index (χ2n) is 8.00. The predicted molar refractivity (Wildman–Crippen MR) is 99.3 cm³/mol. The number of H-pyrrole nitrogens is 1. The Labute approximate surface area is 151 Å². The van der Waals surface area contributed by atoms with Crippen molar-refractivity contribution in [2.24, 2.45) is 0 Å². The molecule has 1 aliphatic heterocycles. The molecule has 0 radical (unpaired) electrons. The van der Waals surface area contributed by atoms with Gasteiger partial charge >= 0.3 is 0 Å². The second-order valence-corrected chi connectivity index (χ2v) is 8.00. The Balaban J connectivity index is 1.49. The molecule has 5 rings (SSSR count). The molecular formula is C20H21FN4O. The van der Waals surface area contributed by atoms with Crippen LogP contribution in [-0.2, 0) is 0 Å². The van der Waals surface area contributed by atoms with Crippen molar-refractivity contribution in [3.05, 3.63) is 36.5 Å². The summed E-state index contributed by atoms with van der Waals surface area (Å²) in [6.45, 7) is 4.51. The smallest absolute Gasteiger partial charge is 0.143 e. The molecule has 26 heavy (non-hydrogen) atoms. The number of anilines is 1. The van der Waals surface area contributed by atoms with Crippen molar-refractivity contribution in [1.29, 1.82) is 0 Å². The molecule has 2 fully saturated rings. The van der Waals surface area contributed by atoms with Crippen LogP contribution in [0.3, 0.4) is 0 Å². The molecule has 2 aliphatic rings. The average Bonchev–Trinajstić information content (AvgIpc) is 3.16. The number of hydrogen-bond donors (Lipinski definition) is 1. The maximum Gasteiger partial charge on any atom is 0.143 e. The van der Waals surface area contributed by atoms with Crippen LogP contribution in [0.1, 0.15) is 26.7 Å². The van der Waals surface area contributed by atoms with Gasteiger partial charge in [-0.15, -0.1) is 0 Å². The van der Waals surface area contributed by atoms with Gasteiger partial charge < -0.3 is 9.64 Å². The van der Waals surface area contributed by atoms with Gasteiger partial charge in [0.15, 0.2) is 0 Å². The fourth-order valence-electron chi connectivity index (χ4n) is 3.49. The summed E-state index contributed by atoms with van der Waals surface area (Å²) in [4.78, 5) is 6.33. The SMILES string of the molecule is CC1(F)CN(c2cc(-c3n[nH]c4ccc(OC5(C)CC5)cc34)ccn2)C1. The maximum absolute atomic E-state index is 13.8. The summed E-state index contributed by atoms with van der Waals surface area (Å²) < 4.78 is 19.9. The number of aromatic nitrogens is 3. The third-order valence-electron chi connectivity index (χ3n) is 5.24. The van der Waals surface area contributed by atoms with E-state index in [-0.39, 0.29) is 5.60 Å². The highest BCUT2D eigenvalue weighted by atomic mass is 19.1. The fourth-order valence-corrected chi connectivity index (χ4v) is 3.49. The standard InChI is InChI=1S/C20H21FN4O/c1-19(21)11-25(12-19)17-9-13(5-8-22-17)18-15-10-14(26-20(2)6-7-20)3-4-16(15)23-24-18/h3-5,8-10H,6-7,11-12H2,1-2H3,(H,23,24). The van der Waals surface area contributed by atoms with Gasteiger partial charge in [0.25, 0.3) is 0 Å². The molecule has 5 nitrogen and oxygen atoms in total. The Morgan fingerprint density at radius 3 is 2.69 bits per heavy atom. The van der Waals surface area contributed by atoms with Crippen LogP contribution in [0.4, 0.5) is 10.2 Å². The molecule has 2 aromatic heterocycles. The van der Waals surface area contributed by atoms with Crippen LogP contribution in [0.15, 0.2) is 36.5 Å². The summed E-state index contributed by atoms with van der Waals surface area (Å²) in [5, 5.41) is 8.59. The first-order valence-electron chi connectivity index (χ1n) is 8.98. The van der Waals surface area contributed by atoms with Gasteiger partial charge in [-0.05, 0) is 57.0 Å². The Morgan fingerprint density at radius 2 is 1.96 bits per heavy atom. The summed E-state index contributed by atoms with van der Waals surface area (Å²) in [6, 6.07) is 9.93. The number of pyridine rings is 1. The van der Waals surface area contributed by atoms with Crippen LogP contribution in [0.2, 0.25) is 0 Å². The lowest BCUT2D eigenvalue weighted by atomic mass is 9.99. The molecule has 0 amide bonds. The fraction of sp³-hybridized carbons (Fsp3) is 0.400. The van der Waals surface area contributed by atoms with Crippen molar-refractivity contribution in [2.75, 3.05) is 18.0 Å². The molecule has 3 heterocycles. The Hall–Kier alpha value is -2.63. The van der Waals surface area contributed by atoms with Gasteiger partial charge in [-0.25, -0.2) is 9.37 Å². The number of benzene rings is 1. The zero-order chi connectivity index (χ0) is 17.9. The number of rotatable bonds is 4. The third kappa shape index (κ3) is 2.69. The van der Waals surface area contributed by atoms with Gasteiger partial charge in [-0.3, -0.25) is 5.10 Å². The predicted octanol–water partition coefficient (Wildman–Crippen LogP) is 4.10. The molecule has 6 heteroatoms. The lowest BCUT2D eigenvalue weighted by Gasteiger charge is -2.43. The Kier molecular flexibility index (Phi) is 3.12. The van der Waals surface area contributed by atoms with Crippen LogP contribution in [0, 0.1) is 0 Å². The van der Waals surface area contributed by atoms with E-state index < -0.39 is 5.67 Å². The van der Waals surface area contributed by atoms with Gasteiger partial charge in [-0.2, -0.15) is 5.10 Å². The largest absolute Gasteiger partial charge is 0.488 e. The molecular weight excluding hydrogens is 331 g/mol. The lowest BCUT2D eigenvalue weighted by Crippen LogP contribution is -2.57. The molecule has 0 spiro atoms. The van der Waals surface area contributed by atoms with Crippen molar-refractivity contribution in [3.8, 4) is 17.0 Å². The number of fused-ring (bicyclic) bond motifs is 1. The molecule has 1 N–H and O–H groups in total. The van der Waals surface area contributed by atoms with Crippen LogP contribution in [-0.4, -0.2) is 39.5 Å². The zero-order valence-corrected chi connectivity index (χ0v) is 14.9. The summed E-state index contributed by atoms with van der Waals surface area (Å²) in [6.07, 6.45) is 3.95. The van der Waals surface area contributed by atoms with E-state index >= 15 is 0 Å². The van der Waals surface area contributed by atoms with E-state index in [0.717, 1.165) is 46.6 Å². The van der Waals surface area contributed by atoms with Crippen molar-refractivity contribution in [1.82, 2.24) is 15.2 Å². The van der Waals surface area contributed by atoms with Crippen molar-refractivity contribution < 1.29 is 9.13 Å². The molecule has 0 bridgehead atoms. The molecule has 1 saturated heterocycles. The van der Waals surface area contributed by atoms with E-state index in [9.17, 15) is 4.39 Å². The highest BCUT2D eigenvalue weighted by molar-refractivity contribution is 5.94. The summed E-state index contributed by atoms with van der Waals surface area (Å²) in [5.74, 6) is 1.65. The number of alkyl halides is 1. The van der Waals surface area contributed by atoms with Crippen molar-refractivity contribution in [2.45, 2.75) is 38.0 Å². The lowest BCUT2D eigenvalue weighted by molar-refractivity contribution is 0.144. The highest BCUT2D eigenvalue weighted by Gasteiger charge is 2.40. The maximum atomic E-state index is 13.8. The number of nitrogens with zero attached hydrogens (tertiary/aromatic N) is 3. The minimum atomic E-state index is -1.12. The quantitative estimate of drug-likeness (QED) is 0.768. The number of aromatic amines is 1. The van der Waals surface area contributed by atoms with E-state index in [2.05, 4.69) is 22.1 Å². The Bertz CT molecular complexity index is 984. The van der Waals surface area contributed by atoms with Gasteiger partial charge in [0.1, 0.15) is 28.5 Å². The van der Waals surface area contributed by atoms with Gasteiger partial charge in [0, 0.05) is 17.1 Å². The third-order valence-corrected chi connectivity index (χ3v) is 5.24. The first kappa shape index (κ1) is 15.6. The minimum Gasteiger partial charge on any atom is -0.488 e. The van der Waals surface area contributed by atoms with Crippen LogP contribution in [0.25, 0.3) is 22.2 Å². The number of halogens is 1. The molecule has 0 unspecified atom stereocenters. The second kappa shape index (κ2) is 5.19. The highest BCUT2D eigenvalue weighted by Crippen LogP contribution is 2.41. The van der Waals surface area contributed by atoms with E-state index in [4.69, 9.17) is 4.74 Å². The van der Waals surface area contributed by atoms with Gasteiger partial charge in [0.05, 0.1) is 18.6 Å². The van der Waals surface area contributed by atoms with Crippen LogP contribution < -0.4 is 9.64 Å². The molecule has 1 aliphatic carbocycles. The van der Waals surface area contributed by atoms with Crippen LogP contribution in [0.5, 0.6) is 5.75 Å². The monoisotopic (exact) mass is 352 g/mol. The summed E-state index contributed by atoms with van der Waals surface area (Å²) in [7, 11) is 0. The average molecular weight is 352 g/mol. The molecule has 1 saturated carbocycles. The minimum absolute atomic E-state index is 0.0159. The molecule has 0 atom stereocenters. The Morgan fingerprint density at radius 1 is 1.15 bits per heavy atom. The van der Waals surface area contributed by atoms with Crippen molar-refractivity contribution in [3.63, 3.8) is 0 Å². The van der Waals surface area contributed by atoms with Gasteiger partial charge in [-0.1, -0.05) is 0 Å². The van der Waals surface area contributed by atoms with E-state index in [1.807, 2.05) is 35.2 Å². The number of ether oxygens (including phenoxy) is 1. The molecule has 134 valence electrons. The number of hydrogen-bond acceptors (Lipinski definition) is 4. The van der Waals surface area contributed by atoms with E-state index in [1.165, 1.54) is 0 Å². The van der Waals surface area contributed by atoms with Crippen molar-refractivity contribution >= 4 is 16.7 Å². The summed E-state index contributed by atoms with van der Waals surface area (Å²) in [5.41, 5.74) is 1.65.